The molecule has 2 aromatic heterocycles. The van der Waals surface area contributed by atoms with Crippen molar-refractivity contribution in [3.05, 3.63) is 64.1 Å². The molecule has 3 aromatic rings. The highest BCUT2D eigenvalue weighted by atomic mass is 16.2. The molecule has 4 heterocycles. The number of nitrogens with zero attached hydrogens (tertiary/aromatic N) is 5. The van der Waals surface area contributed by atoms with Crippen LogP contribution in [0.2, 0.25) is 0 Å². The van der Waals surface area contributed by atoms with Crippen molar-refractivity contribution in [2.45, 2.75) is 39.2 Å². The SMILES string of the molecule is Cc1ccc(CN2CCC(CNC(=O)C3CCN(c4nc5cccnc5n(C)c4=O)CC3)CC2)cc1. The zero-order valence-electron chi connectivity index (χ0n) is 21.3. The number of likely N-dealkylation sites (tertiary alicyclic amines) is 1. The number of piperidine rings is 2. The number of nitrogens with one attached hydrogen (secondary N) is 1. The number of amides is 1. The van der Waals surface area contributed by atoms with Gasteiger partial charge in [-0.15, -0.1) is 0 Å². The first-order valence-electron chi connectivity index (χ1n) is 13.1. The van der Waals surface area contributed by atoms with Crippen LogP contribution >= 0.6 is 0 Å². The Hall–Kier alpha value is -3.26. The van der Waals surface area contributed by atoms with Crippen LogP contribution in [0.4, 0.5) is 5.82 Å². The van der Waals surface area contributed by atoms with Crippen LogP contribution in [0.5, 0.6) is 0 Å². The molecule has 0 aliphatic carbocycles. The Labute approximate surface area is 212 Å². The Bertz CT molecular complexity index is 1260. The van der Waals surface area contributed by atoms with Crippen molar-refractivity contribution in [2.24, 2.45) is 18.9 Å². The number of rotatable bonds is 6. The summed E-state index contributed by atoms with van der Waals surface area (Å²) in [5.41, 5.74) is 3.82. The Morgan fingerprint density at radius 1 is 1.03 bits per heavy atom. The van der Waals surface area contributed by atoms with E-state index < -0.39 is 0 Å². The van der Waals surface area contributed by atoms with E-state index in [9.17, 15) is 9.59 Å². The third-order valence-electron chi connectivity index (χ3n) is 7.77. The molecule has 2 saturated heterocycles. The quantitative estimate of drug-likeness (QED) is 0.575. The van der Waals surface area contributed by atoms with E-state index in [0.717, 1.165) is 51.9 Å². The van der Waals surface area contributed by atoms with Crippen molar-refractivity contribution in [3.8, 4) is 0 Å². The molecule has 1 aromatic carbocycles. The van der Waals surface area contributed by atoms with Crippen LogP contribution in [0.1, 0.15) is 36.8 Å². The number of hydrogen-bond acceptors (Lipinski definition) is 6. The summed E-state index contributed by atoms with van der Waals surface area (Å²) >= 11 is 0. The van der Waals surface area contributed by atoms with Crippen LogP contribution in [-0.4, -0.2) is 58.1 Å². The predicted molar refractivity (Wildman–Crippen MR) is 142 cm³/mol. The molecule has 2 aliphatic rings. The molecule has 190 valence electrons. The first-order valence-corrected chi connectivity index (χ1v) is 13.1. The zero-order chi connectivity index (χ0) is 25.1. The van der Waals surface area contributed by atoms with Crippen molar-refractivity contribution >= 4 is 22.9 Å². The highest BCUT2D eigenvalue weighted by Crippen LogP contribution is 2.23. The zero-order valence-corrected chi connectivity index (χ0v) is 21.3. The van der Waals surface area contributed by atoms with Crippen LogP contribution in [0.3, 0.4) is 0 Å². The summed E-state index contributed by atoms with van der Waals surface area (Å²) in [4.78, 5) is 39.1. The molecular formula is C28H36N6O2. The first kappa shape index (κ1) is 24.4. The molecule has 2 fully saturated rings. The van der Waals surface area contributed by atoms with E-state index in [0.29, 0.717) is 36.0 Å². The monoisotopic (exact) mass is 488 g/mol. The van der Waals surface area contributed by atoms with E-state index in [1.165, 1.54) is 11.1 Å². The molecule has 8 heteroatoms. The minimum Gasteiger partial charge on any atom is -0.356 e. The number of carbonyl (C=O) groups excluding carboxylic acids is 1. The summed E-state index contributed by atoms with van der Waals surface area (Å²) in [7, 11) is 1.73. The van der Waals surface area contributed by atoms with E-state index in [2.05, 4.69) is 51.4 Å². The fourth-order valence-electron chi connectivity index (χ4n) is 5.39. The van der Waals surface area contributed by atoms with Gasteiger partial charge in [0.25, 0.3) is 5.56 Å². The molecule has 1 amide bonds. The van der Waals surface area contributed by atoms with Crippen LogP contribution in [0, 0.1) is 18.8 Å². The van der Waals surface area contributed by atoms with Gasteiger partial charge in [-0.3, -0.25) is 19.1 Å². The molecule has 0 spiro atoms. The van der Waals surface area contributed by atoms with Gasteiger partial charge in [0, 0.05) is 45.3 Å². The average Bonchev–Trinajstić information content (AvgIpc) is 2.91. The lowest BCUT2D eigenvalue weighted by Crippen LogP contribution is -2.44. The Morgan fingerprint density at radius 3 is 2.47 bits per heavy atom. The lowest BCUT2D eigenvalue weighted by atomic mass is 9.94. The van der Waals surface area contributed by atoms with Gasteiger partial charge < -0.3 is 10.2 Å². The van der Waals surface area contributed by atoms with E-state index >= 15 is 0 Å². The van der Waals surface area contributed by atoms with Gasteiger partial charge in [0.1, 0.15) is 5.52 Å². The van der Waals surface area contributed by atoms with Gasteiger partial charge in [-0.05, 0) is 69.3 Å². The number of pyridine rings is 1. The third-order valence-corrected chi connectivity index (χ3v) is 7.77. The molecular weight excluding hydrogens is 452 g/mol. The van der Waals surface area contributed by atoms with E-state index in [1.807, 2.05) is 17.0 Å². The number of aromatic nitrogens is 3. The minimum atomic E-state index is -0.141. The third kappa shape index (κ3) is 5.43. The van der Waals surface area contributed by atoms with Crippen molar-refractivity contribution in [3.63, 3.8) is 0 Å². The van der Waals surface area contributed by atoms with Crippen LogP contribution in [0.15, 0.2) is 47.4 Å². The smallest absolute Gasteiger partial charge is 0.294 e. The topological polar surface area (TPSA) is 83.4 Å². The number of fused-ring (bicyclic) bond motifs is 1. The first-order chi connectivity index (χ1) is 17.5. The number of aryl methyl sites for hydroxylation is 2. The maximum atomic E-state index is 12.9. The largest absolute Gasteiger partial charge is 0.356 e. The van der Waals surface area contributed by atoms with Crippen molar-refractivity contribution < 1.29 is 4.79 Å². The van der Waals surface area contributed by atoms with Gasteiger partial charge in [-0.25, -0.2) is 9.97 Å². The Balaban J connectivity index is 1.07. The highest BCUT2D eigenvalue weighted by molar-refractivity contribution is 5.79. The lowest BCUT2D eigenvalue weighted by Gasteiger charge is -2.34. The van der Waals surface area contributed by atoms with Gasteiger partial charge in [0.05, 0.1) is 0 Å². The summed E-state index contributed by atoms with van der Waals surface area (Å²) in [6.45, 7) is 7.36. The number of carbonyl (C=O) groups is 1. The average molecular weight is 489 g/mol. The summed E-state index contributed by atoms with van der Waals surface area (Å²) in [6, 6.07) is 12.5. The molecule has 0 radical (unpaired) electrons. The van der Waals surface area contributed by atoms with Crippen LogP contribution in [-0.2, 0) is 18.4 Å². The van der Waals surface area contributed by atoms with E-state index in [-0.39, 0.29) is 17.4 Å². The predicted octanol–water partition coefficient (Wildman–Crippen LogP) is 2.88. The molecule has 5 rings (SSSR count). The van der Waals surface area contributed by atoms with Gasteiger partial charge in [0.2, 0.25) is 5.91 Å². The van der Waals surface area contributed by atoms with E-state index in [1.54, 1.807) is 17.8 Å². The number of benzene rings is 1. The second-order valence-electron chi connectivity index (χ2n) is 10.4. The summed E-state index contributed by atoms with van der Waals surface area (Å²) in [6.07, 6.45) is 5.38. The number of hydrogen-bond donors (Lipinski definition) is 1. The maximum absolute atomic E-state index is 12.9. The number of anilines is 1. The molecule has 36 heavy (non-hydrogen) atoms. The van der Waals surface area contributed by atoms with Gasteiger partial charge in [0.15, 0.2) is 11.5 Å². The molecule has 8 nitrogen and oxygen atoms in total. The fraction of sp³-hybridized carbons (Fsp3) is 0.500. The normalized spacial score (nSPS) is 18.0. The lowest BCUT2D eigenvalue weighted by molar-refractivity contribution is -0.125. The highest BCUT2D eigenvalue weighted by Gasteiger charge is 2.28. The van der Waals surface area contributed by atoms with Crippen LogP contribution < -0.4 is 15.8 Å². The molecule has 2 aliphatic heterocycles. The summed E-state index contributed by atoms with van der Waals surface area (Å²) in [5.74, 6) is 1.14. The second kappa shape index (κ2) is 10.8. The van der Waals surface area contributed by atoms with Crippen LogP contribution in [0.25, 0.3) is 11.2 Å². The fourth-order valence-corrected chi connectivity index (χ4v) is 5.39. The molecule has 1 N–H and O–H groups in total. The van der Waals surface area contributed by atoms with Crippen molar-refractivity contribution in [1.29, 1.82) is 0 Å². The minimum absolute atomic E-state index is 0.00569. The summed E-state index contributed by atoms with van der Waals surface area (Å²) in [5, 5.41) is 3.23. The molecule has 0 bridgehead atoms. The molecule has 0 saturated carbocycles. The second-order valence-corrected chi connectivity index (χ2v) is 10.4. The van der Waals surface area contributed by atoms with Gasteiger partial charge in [-0.2, -0.15) is 0 Å². The molecule has 0 unspecified atom stereocenters. The van der Waals surface area contributed by atoms with Crippen molar-refractivity contribution in [2.75, 3.05) is 37.6 Å². The van der Waals surface area contributed by atoms with E-state index in [4.69, 9.17) is 0 Å². The maximum Gasteiger partial charge on any atom is 0.294 e. The summed E-state index contributed by atoms with van der Waals surface area (Å²) < 4.78 is 1.56. The standard InChI is InChI=1S/C28H36N6O2/c1-20-5-7-22(8-6-20)19-33-14-9-21(10-15-33)18-30-27(35)23-11-16-34(17-12-23)26-28(36)32(2)25-24(31-26)4-3-13-29-25/h3-8,13,21,23H,9-12,14-19H2,1-2H3,(H,30,35). The van der Waals surface area contributed by atoms with Crippen molar-refractivity contribution in [1.82, 2.24) is 24.8 Å². The van der Waals surface area contributed by atoms with Gasteiger partial charge >= 0.3 is 0 Å². The Kier molecular flexibility index (Phi) is 7.32. The molecule has 0 atom stereocenters. The Morgan fingerprint density at radius 2 is 1.75 bits per heavy atom. The van der Waals surface area contributed by atoms with Gasteiger partial charge in [-0.1, -0.05) is 29.8 Å².